The van der Waals surface area contributed by atoms with Gasteiger partial charge in [0.15, 0.2) is 20.8 Å². The number of benzene rings is 2. The molecule has 29 heavy (non-hydrogen) atoms. The Balaban J connectivity index is 1.51. The summed E-state index contributed by atoms with van der Waals surface area (Å²) in [4.78, 5) is 18.5. The van der Waals surface area contributed by atoms with Crippen LogP contribution in [0.4, 0.5) is 5.69 Å². The van der Waals surface area contributed by atoms with E-state index in [0.29, 0.717) is 17.9 Å². The molecule has 6 nitrogen and oxygen atoms in total. The number of carbonyl (C=O) groups excluding carboxylic acids is 1. The first kappa shape index (κ1) is 20.0. The van der Waals surface area contributed by atoms with E-state index < -0.39 is 9.84 Å². The topological polar surface area (TPSA) is 76.0 Å². The number of thioether (sulfide) groups is 1. The Morgan fingerprint density at radius 1 is 1.17 bits per heavy atom. The molecule has 0 aliphatic carbocycles. The van der Waals surface area contributed by atoms with Crippen LogP contribution in [0, 0.1) is 0 Å². The standard InChI is InChI=1S/C21H22N2O4S2/c1-15(24)16-6-5-7-17(12-16)23-20-14-29(25,26)13-19(20)22-21(23)28-11-10-27-18-8-3-2-4-9-18/h2-9,12,19-20H,10-11,13-14H2,1H3. The molecular formula is C21H22N2O4S2. The number of Topliss-reactive ketones (excluding diaryl/α,β-unsaturated/α-hetero) is 1. The summed E-state index contributed by atoms with van der Waals surface area (Å²) in [6, 6.07) is 16.4. The monoisotopic (exact) mass is 430 g/mol. The van der Waals surface area contributed by atoms with E-state index in [4.69, 9.17) is 9.73 Å². The van der Waals surface area contributed by atoms with Crippen molar-refractivity contribution < 1.29 is 17.9 Å². The molecule has 2 unspecified atom stereocenters. The Hall–Kier alpha value is -2.32. The number of hydrogen-bond acceptors (Lipinski definition) is 7. The molecule has 0 saturated carbocycles. The van der Waals surface area contributed by atoms with Crippen LogP contribution in [0.1, 0.15) is 17.3 Å². The minimum Gasteiger partial charge on any atom is -0.493 e. The van der Waals surface area contributed by atoms with Gasteiger partial charge in [0.2, 0.25) is 0 Å². The predicted octanol–water partition coefficient (Wildman–Crippen LogP) is 3.04. The second kappa shape index (κ2) is 8.20. The molecule has 2 aromatic carbocycles. The van der Waals surface area contributed by atoms with Gasteiger partial charge in [-0.3, -0.25) is 9.79 Å². The third-order valence-corrected chi connectivity index (χ3v) is 7.59. The van der Waals surface area contributed by atoms with Gasteiger partial charge >= 0.3 is 0 Å². The van der Waals surface area contributed by atoms with E-state index in [-0.39, 0.29) is 29.4 Å². The third-order valence-electron chi connectivity index (χ3n) is 4.96. The lowest BCUT2D eigenvalue weighted by molar-refractivity contribution is 0.101. The highest BCUT2D eigenvalue weighted by Gasteiger charge is 2.47. The Labute approximate surface area is 174 Å². The van der Waals surface area contributed by atoms with Gasteiger partial charge in [-0.25, -0.2) is 8.42 Å². The quantitative estimate of drug-likeness (QED) is 0.518. The molecule has 0 spiro atoms. The molecule has 152 valence electrons. The van der Waals surface area contributed by atoms with Crippen molar-refractivity contribution >= 4 is 38.2 Å². The highest BCUT2D eigenvalue weighted by atomic mass is 32.2. The van der Waals surface area contributed by atoms with E-state index in [9.17, 15) is 13.2 Å². The Morgan fingerprint density at radius 2 is 1.97 bits per heavy atom. The second-order valence-electron chi connectivity index (χ2n) is 7.11. The normalized spacial score (nSPS) is 22.2. The Kier molecular flexibility index (Phi) is 5.65. The van der Waals surface area contributed by atoms with Crippen LogP contribution in [-0.4, -0.2) is 55.3 Å². The molecule has 8 heteroatoms. The lowest BCUT2D eigenvalue weighted by atomic mass is 10.1. The lowest BCUT2D eigenvalue weighted by Crippen LogP contribution is -2.39. The minimum atomic E-state index is -3.11. The number of para-hydroxylation sites is 1. The van der Waals surface area contributed by atoms with Crippen molar-refractivity contribution in [3.8, 4) is 5.75 Å². The van der Waals surface area contributed by atoms with Crippen molar-refractivity contribution in [3.63, 3.8) is 0 Å². The number of sulfone groups is 1. The maximum absolute atomic E-state index is 12.1. The van der Waals surface area contributed by atoms with Gasteiger partial charge in [0.05, 0.1) is 30.2 Å². The van der Waals surface area contributed by atoms with Crippen LogP contribution >= 0.6 is 11.8 Å². The summed E-state index contributed by atoms with van der Waals surface area (Å²) in [7, 11) is -3.11. The first-order valence-corrected chi connectivity index (χ1v) is 12.2. The molecule has 2 atom stereocenters. The van der Waals surface area contributed by atoms with Gasteiger partial charge in [-0.2, -0.15) is 0 Å². The van der Waals surface area contributed by atoms with Crippen LogP contribution in [0.15, 0.2) is 59.6 Å². The molecule has 1 saturated heterocycles. The van der Waals surface area contributed by atoms with Crippen molar-refractivity contribution in [3.05, 3.63) is 60.2 Å². The van der Waals surface area contributed by atoms with Crippen molar-refractivity contribution in [2.24, 2.45) is 4.99 Å². The molecule has 2 aliphatic rings. The summed E-state index contributed by atoms with van der Waals surface area (Å²) in [5.41, 5.74) is 1.40. The molecule has 4 rings (SSSR count). The van der Waals surface area contributed by atoms with Gasteiger partial charge in [-0.1, -0.05) is 42.1 Å². The van der Waals surface area contributed by atoms with Crippen LogP contribution in [0.25, 0.3) is 0 Å². The molecule has 0 amide bonds. The summed E-state index contributed by atoms with van der Waals surface area (Å²) in [6.45, 7) is 2.04. The highest BCUT2D eigenvalue weighted by molar-refractivity contribution is 8.14. The summed E-state index contributed by atoms with van der Waals surface area (Å²) >= 11 is 1.55. The SMILES string of the molecule is CC(=O)c1cccc(N2C(SCCOc3ccccc3)=NC3CS(=O)(=O)CC32)c1. The average Bonchev–Trinajstić information content (AvgIpc) is 3.17. The fourth-order valence-electron chi connectivity index (χ4n) is 3.62. The molecule has 0 bridgehead atoms. The molecule has 2 heterocycles. The van der Waals surface area contributed by atoms with E-state index in [1.54, 1.807) is 17.8 Å². The van der Waals surface area contributed by atoms with E-state index in [1.807, 2.05) is 53.4 Å². The van der Waals surface area contributed by atoms with Gasteiger partial charge in [0.25, 0.3) is 0 Å². The lowest BCUT2D eigenvalue weighted by Gasteiger charge is -2.26. The van der Waals surface area contributed by atoms with Crippen molar-refractivity contribution in [1.29, 1.82) is 0 Å². The number of carbonyl (C=O) groups is 1. The Bertz CT molecular complexity index is 1040. The highest BCUT2D eigenvalue weighted by Crippen LogP contribution is 2.35. The maximum Gasteiger partial charge on any atom is 0.164 e. The molecule has 2 aliphatic heterocycles. The third kappa shape index (κ3) is 4.48. The molecule has 0 radical (unpaired) electrons. The van der Waals surface area contributed by atoms with Crippen LogP contribution < -0.4 is 9.64 Å². The Morgan fingerprint density at radius 3 is 2.72 bits per heavy atom. The number of anilines is 1. The molecule has 0 N–H and O–H groups in total. The maximum atomic E-state index is 12.1. The molecule has 1 fully saturated rings. The van der Waals surface area contributed by atoms with Crippen LogP contribution in [-0.2, 0) is 9.84 Å². The zero-order valence-corrected chi connectivity index (χ0v) is 17.7. The van der Waals surface area contributed by atoms with Gasteiger partial charge in [-0.15, -0.1) is 0 Å². The number of fused-ring (bicyclic) bond motifs is 1. The van der Waals surface area contributed by atoms with Crippen molar-refractivity contribution in [2.45, 2.75) is 19.0 Å². The average molecular weight is 431 g/mol. The van der Waals surface area contributed by atoms with Crippen LogP contribution in [0.2, 0.25) is 0 Å². The molecular weight excluding hydrogens is 408 g/mol. The number of aliphatic imine (C=N–C) groups is 1. The van der Waals surface area contributed by atoms with Crippen molar-refractivity contribution in [1.82, 2.24) is 0 Å². The predicted molar refractivity (Wildman–Crippen MR) is 117 cm³/mol. The first-order chi connectivity index (χ1) is 13.9. The first-order valence-electron chi connectivity index (χ1n) is 9.42. The number of ether oxygens (including phenoxy) is 1. The van der Waals surface area contributed by atoms with E-state index in [1.165, 1.54) is 6.92 Å². The number of hydrogen-bond donors (Lipinski definition) is 0. The number of ketones is 1. The summed E-state index contributed by atoms with van der Waals surface area (Å²) < 4.78 is 30.0. The van der Waals surface area contributed by atoms with Gasteiger partial charge in [-0.05, 0) is 31.2 Å². The summed E-state index contributed by atoms with van der Waals surface area (Å²) in [5, 5.41) is 0.785. The smallest absolute Gasteiger partial charge is 0.164 e. The van der Waals surface area contributed by atoms with E-state index >= 15 is 0 Å². The largest absolute Gasteiger partial charge is 0.493 e. The van der Waals surface area contributed by atoms with Gasteiger partial charge < -0.3 is 9.64 Å². The summed E-state index contributed by atoms with van der Waals surface area (Å²) in [5.74, 6) is 1.63. The number of rotatable bonds is 6. The number of nitrogens with zero attached hydrogens (tertiary/aromatic N) is 2. The van der Waals surface area contributed by atoms with Gasteiger partial charge in [0.1, 0.15) is 5.75 Å². The molecule has 0 aromatic heterocycles. The molecule has 2 aromatic rings. The van der Waals surface area contributed by atoms with E-state index in [2.05, 4.69) is 0 Å². The fourth-order valence-corrected chi connectivity index (χ4v) is 6.40. The van der Waals surface area contributed by atoms with Crippen LogP contribution in [0.3, 0.4) is 0 Å². The fraction of sp³-hybridized carbons (Fsp3) is 0.333. The van der Waals surface area contributed by atoms with E-state index in [0.717, 1.165) is 16.6 Å². The minimum absolute atomic E-state index is 0.0240. The van der Waals surface area contributed by atoms with Gasteiger partial charge in [0, 0.05) is 17.0 Å². The number of amidine groups is 1. The van der Waals surface area contributed by atoms with Crippen LogP contribution in [0.5, 0.6) is 5.75 Å². The summed E-state index contributed by atoms with van der Waals surface area (Å²) in [6.07, 6.45) is 0. The second-order valence-corrected chi connectivity index (χ2v) is 10.3. The zero-order valence-electron chi connectivity index (χ0n) is 16.0. The zero-order chi connectivity index (χ0) is 20.4. The van der Waals surface area contributed by atoms with Crippen molar-refractivity contribution in [2.75, 3.05) is 28.8 Å².